The maximum absolute atomic E-state index is 12.4. The summed E-state index contributed by atoms with van der Waals surface area (Å²) >= 11 is 0. The molecule has 28 heavy (non-hydrogen) atoms. The Hall–Kier alpha value is -2.30. The van der Waals surface area contributed by atoms with Crippen molar-refractivity contribution < 1.29 is 14.3 Å². The predicted octanol–water partition coefficient (Wildman–Crippen LogP) is 5.09. The van der Waals surface area contributed by atoms with Crippen LogP contribution >= 0.6 is 0 Å². The van der Waals surface area contributed by atoms with Crippen LogP contribution in [0, 0.1) is 6.92 Å². The maximum Gasteiger partial charge on any atom is 0.220 e. The third-order valence-corrected chi connectivity index (χ3v) is 4.81. The molecule has 0 saturated carbocycles. The summed E-state index contributed by atoms with van der Waals surface area (Å²) in [6.07, 6.45) is 2.62. The zero-order chi connectivity index (χ0) is 21.3. The number of amides is 1. The van der Waals surface area contributed by atoms with Gasteiger partial charge in [-0.25, -0.2) is 4.98 Å². The lowest BCUT2D eigenvalue weighted by atomic mass is 9.78. The Bertz CT molecular complexity index is 803. The maximum atomic E-state index is 12.4. The van der Waals surface area contributed by atoms with E-state index in [-0.39, 0.29) is 22.8 Å². The van der Waals surface area contributed by atoms with Crippen molar-refractivity contribution in [1.82, 2.24) is 10.3 Å². The lowest BCUT2D eigenvalue weighted by Crippen LogP contribution is -2.27. The molecule has 0 aliphatic carbocycles. The number of aryl methyl sites for hydroxylation is 2. The van der Waals surface area contributed by atoms with E-state index in [0.717, 1.165) is 22.5 Å². The van der Waals surface area contributed by atoms with Crippen LogP contribution in [0.3, 0.4) is 0 Å². The number of rotatable bonds is 5. The molecule has 1 unspecified atom stereocenters. The van der Waals surface area contributed by atoms with E-state index in [9.17, 15) is 9.90 Å². The monoisotopic (exact) mass is 386 g/mol. The first-order valence-corrected chi connectivity index (χ1v) is 9.87. The van der Waals surface area contributed by atoms with Crippen molar-refractivity contribution in [2.45, 2.75) is 85.1 Å². The highest BCUT2D eigenvalue weighted by atomic mass is 16.4. The van der Waals surface area contributed by atoms with Gasteiger partial charge in [0.05, 0.1) is 6.20 Å². The summed E-state index contributed by atoms with van der Waals surface area (Å²) < 4.78 is 5.47. The zero-order valence-corrected chi connectivity index (χ0v) is 18.4. The van der Waals surface area contributed by atoms with Crippen molar-refractivity contribution >= 4 is 5.91 Å². The third-order valence-electron chi connectivity index (χ3n) is 4.81. The predicted molar refractivity (Wildman–Crippen MR) is 112 cm³/mol. The number of carbonyl (C=O) groups excluding carboxylic acids is 1. The lowest BCUT2D eigenvalue weighted by Gasteiger charge is -2.28. The summed E-state index contributed by atoms with van der Waals surface area (Å²) in [6.45, 7) is 16.2. The van der Waals surface area contributed by atoms with Crippen LogP contribution in [0.25, 0.3) is 0 Å². The van der Waals surface area contributed by atoms with Gasteiger partial charge in [0.1, 0.15) is 17.6 Å². The molecule has 5 nitrogen and oxygen atoms in total. The quantitative estimate of drug-likeness (QED) is 0.750. The molecular formula is C23H34N2O3. The molecule has 1 aromatic heterocycles. The summed E-state index contributed by atoms with van der Waals surface area (Å²) in [5, 5.41) is 13.7. The van der Waals surface area contributed by atoms with Gasteiger partial charge in [-0.05, 0) is 47.8 Å². The van der Waals surface area contributed by atoms with Crippen molar-refractivity contribution in [1.29, 1.82) is 0 Å². The van der Waals surface area contributed by atoms with Crippen LogP contribution in [0.15, 0.2) is 22.7 Å². The van der Waals surface area contributed by atoms with Gasteiger partial charge in [-0.15, -0.1) is 0 Å². The van der Waals surface area contributed by atoms with Crippen LogP contribution in [0.2, 0.25) is 0 Å². The second-order valence-electron chi connectivity index (χ2n) is 9.64. The number of phenols is 1. The van der Waals surface area contributed by atoms with E-state index in [1.807, 2.05) is 26.0 Å². The van der Waals surface area contributed by atoms with Gasteiger partial charge in [0.2, 0.25) is 11.8 Å². The van der Waals surface area contributed by atoms with Crippen LogP contribution in [-0.2, 0) is 22.0 Å². The Morgan fingerprint density at radius 1 is 1.14 bits per heavy atom. The van der Waals surface area contributed by atoms with Gasteiger partial charge >= 0.3 is 0 Å². The molecule has 5 heteroatoms. The standard InChI is InChI=1S/C23H34N2O3/c1-14-13-24-21(28-14)15(2)25-19(26)10-9-16-11-17(22(3,4)5)20(27)18(12-16)23(6,7)8/h11-13,15,27H,9-10H2,1-8H3,(H,25,26). The first-order chi connectivity index (χ1) is 12.8. The normalized spacial score (nSPS) is 13.4. The van der Waals surface area contributed by atoms with Gasteiger partial charge in [0.15, 0.2) is 0 Å². The van der Waals surface area contributed by atoms with Crippen molar-refractivity contribution in [3.63, 3.8) is 0 Å². The number of hydrogen-bond acceptors (Lipinski definition) is 4. The highest BCUT2D eigenvalue weighted by molar-refractivity contribution is 5.76. The van der Waals surface area contributed by atoms with Gasteiger partial charge in [0.25, 0.3) is 0 Å². The van der Waals surface area contributed by atoms with Crippen LogP contribution < -0.4 is 5.32 Å². The topological polar surface area (TPSA) is 75.4 Å². The van der Waals surface area contributed by atoms with Crippen molar-refractivity contribution in [3.8, 4) is 5.75 Å². The second kappa shape index (κ2) is 7.98. The highest BCUT2D eigenvalue weighted by Gasteiger charge is 2.26. The molecule has 2 N–H and O–H groups in total. The van der Waals surface area contributed by atoms with Gasteiger partial charge in [0, 0.05) is 6.42 Å². The number of phenolic OH excluding ortho intramolecular Hbond substituents is 1. The van der Waals surface area contributed by atoms with E-state index in [0.29, 0.717) is 24.5 Å². The summed E-state index contributed by atoms with van der Waals surface area (Å²) in [5.41, 5.74) is 2.53. The SMILES string of the molecule is Cc1cnc(C(C)NC(=O)CCc2cc(C(C)(C)C)c(O)c(C(C)(C)C)c2)o1. The van der Waals surface area contributed by atoms with E-state index < -0.39 is 0 Å². The van der Waals surface area contributed by atoms with Crippen molar-refractivity contribution in [3.05, 3.63) is 46.7 Å². The molecule has 0 aliphatic heterocycles. The smallest absolute Gasteiger partial charge is 0.220 e. The molecule has 0 bridgehead atoms. The molecule has 2 rings (SSSR count). The van der Waals surface area contributed by atoms with E-state index in [2.05, 4.69) is 51.8 Å². The Morgan fingerprint density at radius 2 is 1.68 bits per heavy atom. The molecule has 0 spiro atoms. The summed E-state index contributed by atoms with van der Waals surface area (Å²) in [7, 11) is 0. The minimum absolute atomic E-state index is 0.0500. The minimum atomic E-state index is -0.267. The minimum Gasteiger partial charge on any atom is -0.507 e. The number of hydrogen-bond donors (Lipinski definition) is 2. The van der Waals surface area contributed by atoms with Gasteiger partial charge in [-0.2, -0.15) is 0 Å². The van der Waals surface area contributed by atoms with Gasteiger partial charge in [-0.1, -0.05) is 53.7 Å². The molecular weight excluding hydrogens is 352 g/mol. The van der Waals surface area contributed by atoms with Crippen molar-refractivity contribution in [2.75, 3.05) is 0 Å². The zero-order valence-electron chi connectivity index (χ0n) is 18.4. The number of benzene rings is 1. The molecule has 0 saturated heterocycles. The summed E-state index contributed by atoms with van der Waals surface area (Å²) in [5.74, 6) is 1.55. The average molecular weight is 387 g/mol. The fourth-order valence-corrected chi connectivity index (χ4v) is 3.19. The number of oxazole rings is 1. The number of nitrogens with zero attached hydrogens (tertiary/aromatic N) is 1. The third kappa shape index (κ3) is 5.37. The van der Waals surface area contributed by atoms with Gasteiger partial charge < -0.3 is 14.8 Å². The molecule has 1 amide bonds. The molecule has 2 aromatic rings. The fraction of sp³-hybridized carbons (Fsp3) is 0.565. The van der Waals surface area contributed by atoms with Crippen molar-refractivity contribution in [2.24, 2.45) is 0 Å². The number of carbonyl (C=O) groups is 1. The van der Waals surface area contributed by atoms with Crippen LogP contribution in [0.5, 0.6) is 5.75 Å². The molecule has 0 fully saturated rings. The Kier molecular flexibility index (Phi) is 6.27. The Labute approximate surface area is 168 Å². The van der Waals surface area contributed by atoms with Gasteiger partial charge in [-0.3, -0.25) is 4.79 Å². The number of nitrogens with one attached hydrogen (secondary N) is 1. The van der Waals surface area contributed by atoms with Crippen LogP contribution in [0.1, 0.15) is 89.3 Å². The summed E-state index contributed by atoms with van der Waals surface area (Å²) in [6, 6.07) is 3.79. The van der Waals surface area contributed by atoms with E-state index in [1.54, 1.807) is 6.20 Å². The Morgan fingerprint density at radius 3 is 2.11 bits per heavy atom. The molecule has 0 aliphatic rings. The molecule has 0 radical (unpaired) electrons. The molecule has 1 heterocycles. The average Bonchev–Trinajstić information content (AvgIpc) is 2.98. The lowest BCUT2D eigenvalue weighted by molar-refractivity contribution is -0.121. The molecule has 1 atom stereocenters. The van der Waals surface area contributed by atoms with E-state index in [4.69, 9.17) is 4.42 Å². The number of aromatic hydroxyl groups is 1. The highest BCUT2D eigenvalue weighted by Crippen LogP contribution is 2.40. The first-order valence-electron chi connectivity index (χ1n) is 9.87. The van der Waals surface area contributed by atoms with E-state index >= 15 is 0 Å². The summed E-state index contributed by atoms with van der Waals surface area (Å²) in [4.78, 5) is 16.6. The fourth-order valence-electron chi connectivity index (χ4n) is 3.19. The molecule has 154 valence electrons. The van der Waals surface area contributed by atoms with E-state index in [1.165, 1.54) is 0 Å². The number of aromatic nitrogens is 1. The first kappa shape index (κ1) is 22.0. The van der Waals surface area contributed by atoms with Crippen LogP contribution in [0.4, 0.5) is 0 Å². The largest absolute Gasteiger partial charge is 0.507 e. The molecule has 1 aromatic carbocycles. The Balaban J connectivity index is 2.16. The van der Waals surface area contributed by atoms with Crippen LogP contribution in [-0.4, -0.2) is 16.0 Å². The second-order valence-corrected chi connectivity index (χ2v) is 9.64.